The van der Waals surface area contributed by atoms with Crippen molar-refractivity contribution in [3.8, 4) is 0 Å². The molecule has 4 atom stereocenters. The van der Waals surface area contributed by atoms with E-state index in [0.29, 0.717) is 6.42 Å². The minimum Gasteiger partial charge on any atom is -0.390 e. The Kier molecular flexibility index (Phi) is 5.95. The molecule has 1 saturated heterocycles. The molecule has 0 radical (unpaired) electrons. The average molecular weight is 359 g/mol. The van der Waals surface area contributed by atoms with Gasteiger partial charge in [-0.25, -0.2) is 0 Å². The lowest BCUT2D eigenvalue weighted by Crippen LogP contribution is -2.51. The quantitative estimate of drug-likeness (QED) is 0.604. The maximum Gasteiger partial charge on any atom is 0.269 e. The second kappa shape index (κ2) is 8.37. The van der Waals surface area contributed by atoms with Crippen LogP contribution in [0.2, 0.25) is 0 Å². The van der Waals surface area contributed by atoms with Gasteiger partial charge in [0.2, 0.25) is 0 Å². The normalized spacial score (nSPS) is 25.8. The van der Waals surface area contributed by atoms with E-state index in [0.717, 1.165) is 11.1 Å². The van der Waals surface area contributed by atoms with Gasteiger partial charge in [0.1, 0.15) is 6.10 Å². The number of non-ortho nitro benzene ring substituents is 1. The highest BCUT2D eigenvalue weighted by Gasteiger charge is 2.39. The van der Waals surface area contributed by atoms with Crippen LogP contribution in [0.3, 0.4) is 0 Å². The maximum absolute atomic E-state index is 10.7. The van der Waals surface area contributed by atoms with Crippen LogP contribution in [-0.2, 0) is 22.5 Å². The molecule has 138 valence electrons. The van der Waals surface area contributed by atoms with E-state index in [9.17, 15) is 20.3 Å². The zero-order valence-electron chi connectivity index (χ0n) is 14.1. The molecular weight excluding hydrogens is 338 g/mol. The van der Waals surface area contributed by atoms with Gasteiger partial charge in [0.25, 0.3) is 5.69 Å². The summed E-state index contributed by atoms with van der Waals surface area (Å²) in [4.78, 5) is 10.2. The Morgan fingerprint density at radius 2 is 1.73 bits per heavy atom. The minimum atomic E-state index is -1.16. The molecule has 0 amide bonds. The van der Waals surface area contributed by atoms with Gasteiger partial charge < -0.3 is 19.7 Å². The molecule has 0 bridgehead atoms. The van der Waals surface area contributed by atoms with Gasteiger partial charge in [-0.05, 0) is 17.5 Å². The van der Waals surface area contributed by atoms with Crippen molar-refractivity contribution >= 4 is 5.69 Å². The van der Waals surface area contributed by atoms with Gasteiger partial charge >= 0.3 is 0 Å². The molecule has 1 fully saturated rings. The van der Waals surface area contributed by atoms with Crippen molar-refractivity contribution in [2.75, 3.05) is 6.61 Å². The summed E-state index contributed by atoms with van der Waals surface area (Å²) in [6.07, 6.45) is -2.60. The van der Waals surface area contributed by atoms with E-state index in [2.05, 4.69) is 0 Å². The number of ether oxygens (including phenoxy) is 2. The van der Waals surface area contributed by atoms with Gasteiger partial charge in [-0.3, -0.25) is 10.1 Å². The van der Waals surface area contributed by atoms with Gasteiger partial charge in [-0.15, -0.1) is 0 Å². The smallest absolute Gasteiger partial charge is 0.269 e. The third-order valence-electron chi connectivity index (χ3n) is 4.49. The fourth-order valence-corrected chi connectivity index (χ4v) is 2.99. The van der Waals surface area contributed by atoms with Crippen LogP contribution in [0.25, 0.3) is 0 Å². The van der Waals surface area contributed by atoms with E-state index < -0.39 is 23.4 Å². The number of hydrogen-bond donors (Lipinski definition) is 2. The van der Waals surface area contributed by atoms with Crippen molar-refractivity contribution in [3.05, 3.63) is 75.8 Å². The van der Waals surface area contributed by atoms with E-state index in [1.165, 1.54) is 12.1 Å². The van der Waals surface area contributed by atoms with Crippen LogP contribution in [0.15, 0.2) is 54.6 Å². The van der Waals surface area contributed by atoms with Gasteiger partial charge in [0.05, 0.1) is 24.2 Å². The van der Waals surface area contributed by atoms with Gasteiger partial charge in [0, 0.05) is 18.1 Å². The maximum atomic E-state index is 10.7. The number of aliphatic hydroxyl groups is 2. The average Bonchev–Trinajstić information content (AvgIpc) is 2.66. The molecule has 1 unspecified atom stereocenters. The Hall–Kier alpha value is -2.32. The molecule has 2 aromatic rings. The highest BCUT2D eigenvalue weighted by Crippen LogP contribution is 2.26. The van der Waals surface area contributed by atoms with Crippen LogP contribution in [-0.4, -0.2) is 40.2 Å². The fraction of sp³-hybridized carbons (Fsp3) is 0.368. The predicted octanol–water partition coefficient (Wildman–Crippen LogP) is 2.05. The third kappa shape index (κ3) is 4.44. The topological polar surface area (TPSA) is 102 Å². The molecule has 0 saturated carbocycles. The first-order chi connectivity index (χ1) is 12.5. The van der Waals surface area contributed by atoms with E-state index in [1.54, 1.807) is 12.1 Å². The monoisotopic (exact) mass is 359 g/mol. The standard InChI is InChI=1S/C19H21NO6/c21-17-15(10-13-6-8-16(9-7-13)20(23)24)12-26-19(18(17)22)25-11-14-4-2-1-3-5-14/h1-9,15,17-19,21-22H,10-12H2/t15-,17+,18?,19-/m1/s1. The zero-order chi connectivity index (χ0) is 18.5. The van der Waals surface area contributed by atoms with Gasteiger partial charge in [-0.1, -0.05) is 42.5 Å². The van der Waals surface area contributed by atoms with Crippen LogP contribution in [0.1, 0.15) is 11.1 Å². The van der Waals surface area contributed by atoms with E-state index in [1.807, 2.05) is 30.3 Å². The molecule has 2 aromatic carbocycles. The predicted molar refractivity (Wildman–Crippen MR) is 93.3 cm³/mol. The van der Waals surface area contributed by atoms with Crippen molar-refractivity contribution in [2.24, 2.45) is 5.92 Å². The van der Waals surface area contributed by atoms with Crippen molar-refractivity contribution in [1.29, 1.82) is 0 Å². The van der Waals surface area contributed by atoms with Crippen LogP contribution in [0.4, 0.5) is 5.69 Å². The van der Waals surface area contributed by atoms with Crippen molar-refractivity contribution < 1.29 is 24.6 Å². The van der Waals surface area contributed by atoms with Crippen molar-refractivity contribution in [2.45, 2.75) is 31.5 Å². The minimum absolute atomic E-state index is 0.0172. The van der Waals surface area contributed by atoms with Crippen LogP contribution >= 0.6 is 0 Å². The van der Waals surface area contributed by atoms with E-state index in [-0.39, 0.29) is 24.8 Å². The van der Waals surface area contributed by atoms with Gasteiger partial charge in [0.15, 0.2) is 6.29 Å². The first-order valence-electron chi connectivity index (χ1n) is 8.41. The molecule has 3 rings (SSSR count). The largest absolute Gasteiger partial charge is 0.390 e. The van der Waals surface area contributed by atoms with Crippen LogP contribution in [0, 0.1) is 16.0 Å². The molecule has 0 aromatic heterocycles. The zero-order valence-corrected chi connectivity index (χ0v) is 14.1. The molecule has 1 aliphatic rings. The number of aliphatic hydroxyl groups excluding tert-OH is 2. The number of nitro groups is 1. The summed E-state index contributed by atoms with van der Waals surface area (Å²) in [6, 6.07) is 15.7. The highest BCUT2D eigenvalue weighted by molar-refractivity contribution is 5.33. The number of nitro benzene ring substituents is 1. The molecule has 1 heterocycles. The summed E-state index contributed by atoms with van der Waals surface area (Å²) < 4.78 is 11.2. The van der Waals surface area contributed by atoms with Crippen molar-refractivity contribution in [1.82, 2.24) is 0 Å². The summed E-state index contributed by atoms with van der Waals surface area (Å²) in [6.45, 7) is 0.511. The summed E-state index contributed by atoms with van der Waals surface area (Å²) >= 11 is 0. The number of nitrogens with zero attached hydrogens (tertiary/aromatic N) is 1. The molecule has 1 aliphatic heterocycles. The Labute approximate surface area is 151 Å². The molecule has 2 N–H and O–H groups in total. The summed E-state index contributed by atoms with van der Waals surface area (Å²) in [5, 5.41) is 31.4. The van der Waals surface area contributed by atoms with E-state index >= 15 is 0 Å². The first kappa shape index (κ1) is 18.5. The molecular formula is C19H21NO6. The molecule has 7 heteroatoms. The summed E-state index contributed by atoms with van der Waals surface area (Å²) in [5.74, 6) is -0.317. The Morgan fingerprint density at radius 1 is 1.04 bits per heavy atom. The van der Waals surface area contributed by atoms with E-state index in [4.69, 9.17) is 9.47 Å². The van der Waals surface area contributed by atoms with Gasteiger partial charge in [-0.2, -0.15) is 0 Å². The molecule has 26 heavy (non-hydrogen) atoms. The molecule has 0 spiro atoms. The summed E-state index contributed by atoms with van der Waals surface area (Å²) in [5.41, 5.74) is 1.80. The lowest BCUT2D eigenvalue weighted by atomic mass is 9.89. The second-order valence-electron chi connectivity index (χ2n) is 6.37. The second-order valence-corrected chi connectivity index (χ2v) is 6.37. The first-order valence-corrected chi connectivity index (χ1v) is 8.41. The number of rotatable bonds is 6. The Bertz CT molecular complexity index is 721. The molecule has 7 nitrogen and oxygen atoms in total. The van der Waals surface area contributed by atoms with Crippen LogP contribution in [0.5, 0.6) is 0 Å². The SMILES string of the molecule is O=[N+]([O-])c1ccc(C[C@@H]2CO[C@@H](OCc3ccccc3)C(O)[C@H]2O)cc1. The molecule has 0 aliphatic carbocycles. The Balaban J connectivity index is 1.55. The number of hydrogen-bond acceptors (Lipinski definition) is 6. The number of benzene rings is 2. The fourth-order valence-electron chi connectivity index (χ4n) is 2.99. The summed E-state index contributed by atoms with van der Waals surface area (Å²) in [7, 11) is 0. The van der Waals surface area contributed by atoms with Crippen molar-refractivity contribution in [3.63, 3.8) is 0 Å². The van der Waals surface area contributed by atoms with Crippen LogP contribution < -0.4 is 0 Å². The third-order valence-corrected chi connectivity index (χ3v) is 4.49. The lowest BCUT2D eigenvalue weighted by Gasteiger charge is -2.37. The Morgan fingerprint density at radius 3 is 2.38 bits per heavy atom. The highest BCUT2D eigenvalue weighted by atomic mass is 16.7. The lowest BCUT2D eigenvalue weighted by molar-refractivity contribution is -0.384.